The highest BCUT2D eigenvalue weighted by Gasteiger charge is 2.04. The fourth-order valence-corrected chi connectivity index (χ4v) is 1.74. The number of hydrogen-bond donors (Lipinski definition) is 2. The maximum atomic E-state index is 10.8. The minimum absolute atomic E-state index is 0.173. The molecule has 1 rings (SSSR count). The van der Waals surface area contributed by atoms with E-state index in [0.717, 1.165) is 10.8 Å². The molecule has 0 aliphatic heterocycles. The summed E-state index contributed by atoms with van der Waals surface area (Å²) in [5.41, 5.74) is 5.50. The number of primary amides is 1. The van der Waals surface area contributed by atoms with Gasteiger partial charge in [-0.25, -0.2) is 4.98 Å². The molecule has 0 bridgehead atoms. The van der Waals surface area contributed by atoms with Crippen LogP contribution in [0.25, 0.3) is 0 Å². The Balaban J connectivity index is 2.53. The number of aliphatic hydroxyl groups excluding tert-OH is 1. The lowest BCUT2D eigenvalue weighted by Crippen LogP contribution is -2.11. The number of carbonyl (C=O) groups is 1. The second-order valence-electron chi connectivity index (χ2n) is 3.35. The summed E-state index contributed by atoms with van der Waals surface area (Å²) in [5, 5.41) is 9.67. The maximum Gasteiger partial charge on any atom is 0.250 e. The van der Waals surface area contributed by atoms with E-state index in [9.17, 15) is 4.79 Å². The van der Waals surface area contributed by atoms with Gasteiger partial charge in [-0.3, -0.25) is 4.79 Å². The van der Waals surface area contributed by atoms with Gasteiger partial charge in [0.05, 0.1) is 10.6 Å². The molecule has 1 heterocycles. The van der Waals surface area contributed by atoms with Gasteiger partial charge in [0.15, 0.2) is 0 Å². The molecule has 1 amide bonds. The Hall–Kier alpha value is -1.07. The minimum atomic E-state index is -0.470. The number of aliphatic hydroxyl groups is 1. The quantitative estimate of drug-likeness (QED) is 0.731. The summed E-state index contributed by atoms with van der Waals surface area (Å²) in [7, 11) is 0. The highest BCUT2D eigenvalue weighted by Crippen LogP contribution is 2.18. The molecule has 0 aromatic carbocycles. The van der Waals surface area contributed by atoms with Gasteiger partial charge in [-0.2, -0.15) is 0 Å². The third kappa shape index (κ3) is 3.89. The second kappa shape index (κ2) is 5.72. The Kier molecular flexibility index (Phi) is 4.58. The van der Waals surface area contributed by atoms with Crippen molar-refractivity contribution in [1.82, 2.24) is 4.98 Å². The van der Waals surface area contributed by atoms with E-state index in [1.807, 2.05) is 6.92 Å². The predicted molar refractivity (Wildman–Crippen MR) is 59.7 cm³/mol. The van der Waals surface area contributed by atoms with Gasteiger partial charge < -0.3 is 10.8 Å². The van der Waals surface area contributed by atoms with E-state index in [1.54, 1.807) is 23.9 Å². The van der Waals surface area contributed by atoms with Crippen molar-refractivity contribution < 1.29 is 9.90 Å². The Morgan fingerprint density at radius 3 is 2.87 bits per heavy atom. The highest BCUT2D eigenvalue weighted by atomic mass is 32.2. The zero-order valence-electron chi connectivity index (χ0n) is 8.51. The standard InChI is InChI=1S/C10H14N2O2S/c1-7(5-13)6-15-9-3-2-8(4-12-9)10(11)14/h2-4,7,13H,5-6H2,1H3,(H2,11,14). The number of hydrogen-bond acceptors (Lipinski definition) is 4. The van der Waals surface area contributed by atoms with Crippen LogP contribution in [0.4, 0.5) is 0 Å². The number of carbonyl (C=O) groups excluding carboxylic acids is 1. The molecule has 1 aromatic rings. The lowest BCUT2D eigenvalue weighted by atomic mass is 10.2. The van der Waals surface area contributed by atoms with Gasteiger partial charge in [0.2, 0.25) is 5.91 Å². The van der Waals surface area contributed by atoms with E-state index in [1.165, 1.54) is 6.20 Å². The van der Waals surface area contributed by atoms with Crippen LogP contribution in [-0.4, -0.2) is 28.4 Å². The lowest BCUT2D eigenvalue weighted by Gasteiger charge is -2.06. The molecule has 3 N–H and O–H groups in total. The van der Waals surface area contributed by atoms with Gasteiger partial charge in [0, 0.05) is 18.6 Å². The van der Waals surface area contributed by atoms with Gasteiger partial charge in [-0.1, -0.05) is 6.92 Å². The Labute approximate surface area is 92.9 Å². The molecule has 0 fully saturated rings. The number of nitrogens with zero attached hydrogens (tertiary/aromatic N) is 1. The number of pyridine rings is 1. The Bertz CT molecular complexity index is 327. The topological polar surface area (TPSA) is 76.2 Å². The van der Waals surface area contributed by atoms with E-state index in [4.69, 9.17) is 10.8 Å². The average molecular weight is 226 g/mol. The molecule has 0 saturated carbocycles. The van der Waals surface area contributed by atoms with Crippen molar-refractivity contribution in [1.29, 1.82) is 0 Å². The van der Waals surface area contributed by atoms with Crippen molar-refractivity contribution in [3.05, 3.63) is 23.9 Å². The first-order valence-electron chi connectivity index (χ1n) is 4.63. The largest absolute Gasteiger partial charge is 0.396 e. The maximum absolute atomic E-state index is 10.8. The van der Waals surface area contributed by atoms with Crippen LogP contribution >= 0.6 is 11.8 Å². The molecule has 82 valence electrons. The van der Waals surface area contributed by atoms with Crippen molar-refractivity contribution in [3.8, 4) is 0 Å². The van der Waals surface area contributed by atoms with Crippen molar-refractivity contribution >= 4 is 17.7 Å². The summed E-state index contributed by atoms with van der Waals surface area (Å²) in [4.78, 5) is 14.9. The van der Waals surface area contributed by atoms with E-state index < -0.39 is 5.91 Å². The summed E-state index contributed by atoms with van der Waals surface area (Å²) in [6.07, 6.45) is 1.47. The third-order valence-corrected chi connectivity index (χ3v) is 3.12. The van der Waals surface area contributed by atoms with Crippen LogP contribution in [0, 0.1) is 5.92 Å². The fourth-order valence-electron chi connectivity index (χ4n) is 0.892. The monoisotopic (exact) mass is 226 g/mol. The Morgan fingerprint density at radius 1 is 1.67 bits per heavy atom. The van der Waals surface area contributed by atoms with Crippen molar-refractivity contribution in [3.63, 3.8) is 0 Å². The average Bonchev–Trinajstić information content (AvgIpc) is 2.26. The van der Waals surface area contributed by atoms with Crippen molar-refractivity contribution in [2.45, 2.75) is 11.9 Å². The summed E-state index contributed by atoms with van der Waals surface area (Å²) in [6.45, 7) is 2.14. The predicted octanol–water partition coefficient (Wildman–Crippen LogP) is 0.901. The summed E-state index contributed by atoms with van der Waals surface area (Å²) >= 11 is 1.55. The van der Waals surface area contributed by atoms with Crippen molar-refractivity contribution in [2.24, 2.45) is 11.7 Å². The van der Waals surface area contributed by atoms with Gasteiger partial charge in [-0.15, -0.1) is 11.8 Å². The normalized spacial score (nSPS) is 12.4. The van der Waals surface area contributed by atoms with Crippen LogP contribution in [0.2, 0.25) is 0 Å². The molecule has 0 saturated heterocycles. The second-order valence-corrected chi connectivity index (χ2v) is 4.39. The third-order valence-electron chi connectivity index (χ3n) is 1.85. The highest BCUT2D eigenvalue weighted by molar-refractivity contribution is 7.99. The van der Waals surface area contributed by atoms with Crippen LogP contribution in [-0.2, 0) is 0 Å². The number of thioether (sulfide) groups is 1. The summed E-state index contributed by atoms with van der Waals surface area (Å²) in [6, 6.07) is 3.41. The molecule has 0 aliphatic carbocycles. The molecule has 0 spiro atoms. The molecule has 4 nitrogen and oxygen atoms in total. The number of nitrogens with two attached hydrogens (primary N) is 1. The minimum Gasteiger partial charge on any atom is -0.396 e. The van der Waals surface area contributed by atoms with E-state index >= 15 is 0 Å². The SMILES string of the molecule is CC(CO)CSc1ccc(C(N)=O)cn1. The van der Waals surface area contributed by atoms with Crippen LogP contribution in [0.5, 0.6) is 0 Å². The molecule has 5 heteroatoms. The van der Waals surface area contributed by atoms with Gasteiger partial charge in [-0.05, 0) is 18.1 Å². The molecule has 15 heavy (non-hydrogen) atoms. The van der Waals surface area contributed by atoms with Crippen LogP contribution < -0.4 is 5.73 Å². The van der Waals surface area contributed by atoms with Crippen LogP contribution in [0.1, 0.15) is 17.3 Å². The van der Waals surface area contributed by atoms with Gasteiger partial charge in [0.1, 0.15) is 0 Å². The molecule has 1 atom stereocenters. The first-order chi connectivity index (χ1) is 7.13. The summed E-state index contributed by atoms with van der Waals surface area (Å²) in [5.74, 6) is 0.578. The van der Waals surface area contributed by atoms with E-state index in [0.29, 0.717) is 5.56 Å². The Morgan fingerprint density at radius 2 is 2.40 bits per heavy atom. The zero-order valence-corrected chi connectivity index (χ0v) is 9.33. The van der Waals surface area contributed by atoms with Crippen LogP contribution in [0.3, 0.4) is 0 Å². The van der Waals surface area contributed by atoms with E-state index in [2.05, 4.69) is 4.98 Å². The van der Waals surface area contributed by atoms with Gasteiger partial charge in [0.25, 0.3) is 0 Å². The first kappa shape index (κ1) is 12.0. The molecular weight excluding hydrogens is 212 g/mol. The molecule has 0 aliphatic rings. The van der Waals surface area contributed by atoms with Gasteiger partial charge >= 0.3 is 0 Å². The zero-order chi connectivity index (χ0) is 11.3. The van der Waals surface area contributed by atoms with Crippen LogP contribution in [0.15, 0.2) is 23.4 Å². The molecule has 1 aromatic heterocycles. The van der Waals surface area contributed by atoms with E-state index in [-0.39, 0.29) is 12.5 Å². The number of amides is 1. The molecular formula is C10H14N2O2S. The van der Waals surface area contributed by atoms with Crippen molar-refractivity contribution in [2.75, 3.05) is 12.4 Å². The fraction of sp³-hybridized carbons (Fsp3) is 0.400. The summed E-state index contributed by atoms with van der Waals surface area (Å²) < 4.78 is 0. The number of aromatic nitrogens is 1. The lowest BCUT2D eigenvalue weighted by molar-refractivity contribution is 0.1000. The molecule has 1 unspecified atom stereocenters. The first-order valence-corrected chi connectivity index (χ1v) is 5.61. The smallest absolute Gasteiger partial charge is 0.250 e. The molecule has 0 radical (unpaired) electrons. The number of rotatable bonds is 5.